The van der Waals surface area contributed by atoms with Crippen LogP contribution in [0.4, 0.5) is 0 Å². The number of rotatable bonds is 6. The molecule has 0 aliphatic carbocycles. The third-order valence-electron chi connectivity index (χ3n) is 2.35. The first-order valence-electron chi connectivity index (χ1n) is 4.87. The zero-order valence-electron chi connectivity index (χ0n) is 9.59. The standard InChI is InChI=1S/C10H24N2O/c1-9(12(4)5)6-11-7-10(2,3)8-13/h9,11,13H,6-8H2,1-5H3. The number of hydrogen-bond donors (Lipinski definition) is 2. The van der Waals surface area contributed by atoms with Gasteiger partial charge in [-0.3, -0.25) is 0 Å². The maximum atomic E-state index is 9.02. The molecule has 13 heavy (non-hydrogen) atoms. The SMILES string of the molecule is CC(CNCC(C)(C)CO)N(C)C. The van der Waals surface area contributed by atoms with E-state index in [2.05, 4.69) is 45.1 Å². The van der Waals surface area contributed by atoms with Crippen molar-refractivity contribution in [2.24, 2.45) is 5.41 Å². The van der Waals surface area contributed by atoms with E-state index in [-0.39, 0.29) is 12.0 Å². The summed E-state index contributed by atoms with van der Waals surface area (Å²) < 4.78 is 0. The van der Waals surface area contributed by atoms with E-state index in [9.17, 15) is 0 Å². The van der Waals surface area contributed by atoms with Crippen LogP contribution >= 0.6 is 0 Å². The van der Waals surface area contributed by atoms with Crippen molar-refractivity contribution in [2.75, 3.05) is 33.8 Å². The lowest BCUT2D eigenvalue weighted by Crippen LogP contribution is -2.40. The second-order valence-corrected chi connectivity index (χ2v) is 4.77. The molecule has 0 rings (SSSR count). The molecular weight excluding hydrogens is 164 g/mol. The van der Waals surface area contributed by atoms with Crippen LogP contribution in [0.25, 0.3) is 0 Å². The van der Waals surface area contributed by atoms with Crippen molar-refractivity contribution in [1.29, 1.82) is 0 Å². The number of nitrogens with zero attached hydrogens (tertiary/aromatic N) is 1. The smallest absolute Gasteiger partial charge is 0.0494 e. The summed E-state index contributed by atoms with van der Waals surface area (Å²) in [5.74, 6) is 0. The molecule has 2 N–H and O–H groups in total. The van der Waals surface area contributed by atoms with Crippen LogP contribution in [0.2, 0.25) is 0 Å². The molecule has 0 fully saturated rings. The predicted molar refractivity (Wildman–Crippen MR) is 56.9 cm³/mol. The van der Waals surface area contributed by atoms with Gasteiger partial charge in [0.2, 0.25) is 0 Å². The van der Waals surface area contributed by atoms with Gasteiger partial charge in [-0.15, -0.1) is 0 Å². The third-order valence-corrected chi connectivity index (χ3v) is 2.35. The van der Waals surface area contributed by atoms with Gasteiger partial charge in [0, 0.05) is 31.2 Å². The quantitative estimate of drug-likeness (QED) is 0.639. The van der Waals surface area contributed by atoms with Crippen LogP contribution in [0.5, 0.6) is 0 Å². The number of aliphatic hydroxyl groups is 1. The summed E-state index contributed by atoms with van der Waals surface area (Å²) in [6.07, 6.45) is 0. The normalized spacial score (nSPS) is 15.0. The molecule has 0 radical (unpaired) electrons. The Kier molecular flexibility index (Phi) is 5.53. The lowest BCUT2D eigenvalue weighted by atomic mass is 9.95. The molecule has 1 atom stereocenters. The molecule has 0 aromatic carbocycles. The molecule has 3 nitrogen and oxygen atoms in total. The summed E-state index contributed by atoms with van der Waals surface area (Å²) in [6, 6.07) is 0.537. The molecule has 0 heterocycles. The van der Waals surface area contributed by atoms with E-state index in [0.717, 1.165) is 13.1 Å². The fourth-order valence-corrected chi connectivity index (χ4v) is 0.858. The van der Waals surface area contributed by atoms with Gasteiger partial charge in [-0.1, -0.05) is 13.8 Å². The van der Waals surface area contributed by atoms with Gasteiger partial charge in [0.15, 0.2) is 0 Å². The van der Waals surface area contributed by atoms with Gasteiger partial charge in [-0.05, 0) is 21.0 Å². The highest BCUT2D eigenvalue weighted by atomic mass is 16.3. The zero-order chi connectivity index (χ0) is 10.5. The highest BCUT2D eigenvalue weighted by Crippen LogP contribution is 2.10. The zero-order valence-corrected chi connectivity index (χ0v) is 9.59. The Morgan fingerprint density at radius 1 is 1.38 bits per heavy atom. The molecule has 0 saturated carbocycles. The minimum atomic E-state index is -0.00790. The molecule has 0 bridgehead atoms. The molecule has 0 aromatic heterocycles. The first kappa shape index (κ1) is 12.9. The highest BCUT2D eigenvalue weighted by Gasteiger charge is 2.16. The number of likely N-dealkylation sites (N-methyl/N-ethyl adjacent to an activating group) is 1. The second-order valence-electron chi connectivity index (χ2n) is 4.77. The lowest BCUT2D eigenvalue weighted by Gasteiger charge is -2.25. The third kappa shape index (κ3) is 6.02. The first-order valence-corrected chi connectivity index (χ1v) is 4.87. The van der Waals surface area contributed by atoms with Crippen LogP contribution < -0.4 is 5.32 Å². The molecule has 0 spiro atoms. The Hall–Kier alpha value is -0.120. The molecule has 0 aliphatic rings. The Balaban J connectivity index is 3.56. The van der Waals surface area contributed by atoms with Crippen LogP contribution in [0.3, 0.4) is 0 Å². The minimum absolute atomic E-state index is 0.00790. The van der Waals surface area contributed by atoms with Crippen LogP contribution in [-0.4, -0.2) is 49.8 Å². The fourth-order valence-electron chi connectivity index (χ4n) is 0.858. The van der Waals surface area contributed by atoms with Crippen molar-refractivity contribution in [3.8, 4) is 0 Å². The molecule has 0 aromatic rings. The van der Waals surface area contributed by atoms with E-state index in [1.165, 1.54) is 0 Å². The summed E-state index contributed by atoms with van der Waals surface area (Å²) in [6.45, 7) is 8.36. The summed E-state index contributed by atoms with van der Waals surface area (Å²) >= 11 is 0. The van der Waals surface area contributed by atoms with Crippen LogP contribution in [0.15, 0.2) is 0 Å². The van der Waals surface area contributed by atoms with Gasteiger partial charge in [0.05, 0.1) is 0 Å². The molecule has 0 aliphatic heterocycles. The Labute approximate surface area is 82.1 Å². The maximum absolute atomic E-state index is 9.02. The summed E-state index contributed by atoms with van der Waals surface area (Å²) in [4.78, 5) is 2.18. The van der Waals surface area contributed by atoms with Crippen molar-refractivity contribution in [2.45, 2.75) is 26.8 Å². The Morgan fingerprint density at radius 3 is 2.31 bits per heavy atom. The van der Waals surface area contributed by atoms with Crippen LogP contribution in [0.1, 0.15) is 20.8 Å². The summed E-state index contributed by atoms with van der Waals surface area (Å²) in [5, 5.41) is 12.4. The van der Waals surface area contributed by atoms with Gasteiger partial charge in [0.1, 0.15) is 0 Å². The number of aliphatic hydroxyl groups excluding tert-OH is 1. The highest BCUT2D eigenvalue weighted by molar-refractivity contribution is 4.72. The van der Waals surface area contributed by atoms with E-state index in [4.69, 9.17) is 5.11 Å². The van der Waals surface area contributed by atoms with E-state index >= 15 is 0 Å². The number of nitrogens with one attached hydrogen (secondary N) is 1. The lowest BCUT2D eigenvalue weighted by molar-refractivity contribution is 0.154. The first-order chi connectivity index (χ1) is 5.89. The van der Waals surface area contributed by atoms with Gasteiger partial charge >= 0.3 is 0 Å². The molecular formula is C10H24N2O. The second kappa shape index (κ2) is 5.58. The van der Waals surface area contributed by atoms with Crippen molar-refractivity contribution < 1.29 is 5.11 Å². The van der Waals surface area contributed by atoms with Gasteiger partial charge < -0.3 is 15.3 Å². The fraction of sp³-hybridized carbons (Fsp3) is 1.00. The van der Waals surface area contributed by atoms with Crippen molar-refractivity contribution in [3.63, 3.8) is 0 Å². The van der Waals surface area contributed by atoms with E-state index in [1.807, 2.05) is 0 Å². The van der Waals surface area contributed by atoms with Crippen LogP contribution in [0, 0.1) is 5.41 Å². The average molecular weight is 188 g/mol. The van der Waals surface area contributed by atoms with Crippen molar-refractivity contribution >= 4 is 0 Å². The molecule has 80 valence electrons. The maximum Gasteiger partial charge on any atom is 0.0494 e. The van der Waals surface area contributed by atoms with Gasteiger partial charge in [-0.2, -0.15) is 0 Å². The average Bonchev–Trinajstić information content (AvgIpc) is 2.04. The van der Waals surface area contributed by atoms with E-state index in [1.54, 1.807) is 0 Å². The predicted octanol–water partition coefficient (Wildman–Crippen LogP) is 0.545. The van der Waals surface area contributed by atoms with Gasteiger partial charge in [-0.25, -0.2) is 0 Å². The van der Waals surface area contributed by atoms with E-state index in [0.29, 0.717) is 6.04 Å². The molecule has 0 saturated heterocycles. The monoisotopic (exact) mass is 188 g/mol. The number of hydrogen-bond acceptors (Lipinski definition) is 3. The molecule has 1 unspecified atom stereocenters. The minimum Gasteiger partial charge on any atom is -0.396 e. The topological polar surface area (TPSA) is 35.5 Å². The largest absolute Gasteiger partial charge is 0.396 e. The van der Waals surface area contributed by atoms with Gasteiger partial charge in [0.25, 0.3) is 0 Å². The molecule has 0 amide bonds. The van der Waals surface area contributed by atoms with Crippen molar-refractivity contribution in [1.82, 2.24) is 10.2 Å². The summed E-state index contributed by atoms with van der Waals surface area (Å²) in [7, 11) is 4.15. The van der Waals surface area contributed by atoms with Crippen LogP contribution in [-0.2, 0) is 0 Å². The molecule has 3 heteroatoms. The van der Waals surface area contributed by atoms with Crippen molar-refractivity contribution in [3.05, 3.63) is 0 Å². The van der Waals surface area contributed by atoms with E-state index < -0.39 is 0 Å². The Morgan fingerprint density at radius 2 is 1.92 bits per heavy atom. The summed E-state index contributed by atoms with van der Waals surface area (Å²) in [5.41, 5.74) is -0.00790. The Bertz CT molecular complexity index is 135.